The van der Waals surface area contributed by atoms with Crippen molar-refractivity contribution in [3.63, 3.8) is 0 Å². The number of carbonyl (C=O) groups is 1. The lowest BCUT2D eigenvalue weighted by Gasteiger charge is -2.35. The molecule has 0 aromatic carbocycles. The number of hydrogen-bond donors (Lipinski definition) is 0. The maximum atomic E-state index is 9.18. The molecule has 3 fully saturated rings. The minimum absolute atomic E-state index is 0.431. The number of hydrogen-bond acceptors (Lipinski definition) is 2. The minimum atomic E-state index is 0.431. The summed E-state index contributed by atoms with van der Waals surface area (Å²) in [4.78, 5) is 9.18. The van der Waals surface area contributed by atoms with E-state index in [0.717, 1.165) is 11.8 Å². The molecule has 0 aromatic rings. The molecule has 2 heteroatoms. The van der Waals surface area contributed by atoms with Gasteiger partial charge in [-0.2, -0.15) is 0 Å². The highest BCUT2D eigenvalue weighted by Gasteiger charge is 2.26. The molecule has 13 heavy (non-hydrogen) atoms. The standard InChI is InChI=1S/C8H14.C3H6O2/c1-2-8-5-3-7(1)4-6-8;1-2-5-3-4/h7-8H,1-6H2;3H,2H2,1H3. The third kappa shape index (κ3) is 3.79. The highest BCUT2D eigenvalue weighted by Crippen LogP contribution is 2.40. The predicted octanol–water partition coefficient (Wildman–Crippen LogP) is 2.77. The first-order valence-corrected chi connectivity index (χ1v) is 5.42. The summed E-state index contributed by atoms with van der Waals surface area (Å²) in [5, 5.41) is 0. The Kier molecular flexibility index (Phi) is 4.87. The van der Waals surface area contributed by atoms with Gasteiger partial charge in [0.15, 0.2) is 0 Å². The molecular formula is C11H20O2. The van der Waals surface area contributed by atoms with E-state index in [1.165, 1.54) is 0 Å². The number of carbonyl (C=O) groups excluding carboxylic acids is 1. The van der Waals surface area contributed by atoms with Crippen LogP contribution in [0.25, 0.3) is 0 Å². The normalized spacial score (nSPS) is 30.2. The van der Waals surface area contributed by atoms with Gasteiger partial charge in [-0.05, 0) is 18.8 Å². The van der Waals surface area contributed by atoms with Gasteiger partial charge < -0.3 is 4.74 Å². The Morgan fingerprint density at radius 1 is 1.08 bits per heavy atom. The molecule has 0 aromatic heterocycles. The van der Waals surface area contributed by atoms with Crippen molar-refractivity contribution in [2.75, 3.05) is 6.61 Å². The van der Waals surface area contributed by atoms with Crippen molar-refractivity contribution in [3.05, 3.63) is 0 Å². The topological polar surface area (TPSA) is 26.3 Å². The Bertz CT molecular complexity index is 114. The Morgan fingerprint density at radius 3 is 1.54 bits per heavy atom. The fraction of sp³-hybridized carbons (Fsp3) is 0.909. The average molecular weight is 184 g/mol. The summed E-state index contributed by atoms with van der Waals surface area (Å²) in [6.45, 7) is 2.66. The zero-order valence-corrected chi connectivity index (χ0v) is 8.50. The molecule has 2 bridgehead atoms. The van der Waals surface area contributed by atoms with Crippen molar-refractivity contribution in [2.45, 2.75) is 45.4 Å². The smallest absolute Gasteiger partial charge is 0.293 e. The summed E-state index contributed by atoms with van der Waals surface area (Å²) >= 11 is 0. The van der Waals surface area contributed by atoms with Crippen LogP contribution in [0.3, 0.4) is 0 Å². The zero-order chi connectivity index (χ0) is 9.52. The molecule has 3 aliphatic rings. The van der Waals surface area contributed by atoms with Crippen molar-refractivity contribution >= 4 is 6.47 Å². The predicted molar refractivity (Wildman–Crippen MR) is 52.4 cm³/mol. The van der Waals surface area contributed by atoms with Crippen molar-refractivity contribution in [2.24, 2.45) is 11.8 Å². The van der Waals surface area contributed by atoms with Gasteiger partial charge in [0, 0.05) is 0 Å². The van der Waals surface area contributed by atoms with Crippen molar-refractivity contribution in [3.8, 4) is 0 Å². The number of ether oxygens (including phenoxy) is 1. The Morgan fingerprint density at radius 2 is 1.46 bits per heavy atom. The summed E-state index contributed by atoms with van der Waals surface area (Å²) in [6, 6.07) is 0. The van der Waals surface area contributed by atoms with E-state index >= 15 is 0 Å². The molecule has 0 amide bonds. The van der Waals surface area contributed by atoms with E-state index in [2.05, 4.69) is 4.74 Å². The maximum absolute atomic E-state index is 9.18. The van der Waals surface area contributed by atoms with Crippen LogP contribution < -0.4 is 0 Å². The summed E-state index contributed by atoms with van der Waals surface area (Å²) in [7, 11) is 0. The quantitative estimate of drug-likeness (QED) is 0.617. The SMILES string of the molecule is C1CC2CCC1CC2.CCOC=O. The third-order valence-electron chi connectivity index (χ3n) is 3.18. The van der Waals surface area contributed by atoms with E-state index in [-0.39, 0.29) is 0 Å². The molecule has 0 spiro atoms. The fourth-order valence-corrected chi connectivity index (χ4v) is 2.35. The molecule has 0 atom stereocenters. The molecular weight excluding hydrogens is 164 g/mol. The Balaban J connectivity index is 0.000000149. The van der Waals surface area contributed by atoms with Gasteiger partial charge in [-0.1, -0.05) is 38.5 Å². The van der Waals surface area contributed by atoms with Gasteiger partial charge >= 0.3 is 0 Å². The van der Waals surface area contributed by atoms with E-state index in [9.17, 15) is 4.79 Å². The Labute approximate surface area is 80.7 Å². The second-order valence-electron chi connectivity index (χ2n) is 4.02. The second kappa shape index (κ2) is 6.01. The second-order valence-corrected chi connectivity index (χ2v) is 4.02. The van der Waals surface area contributed by atoms with Gasteiger partial charge in [-0.25, -0.2) is 0 Å². The van der Waals surface area contributed by atoms with Gasteiger partial charge in [0.05, 0.1) is 6.61 Å². The van der Waals surface area contributed by atoms with Gasteiger partial charge in [-0.3, -0.25) is 4.79 Å². The molecule has 0 aliphatic heterocycles. The van der Waals surface area contributed by atoms with E-state index in [4.69, 9.17) is 0 Å². The zero-order valence-electron chi connectivity index (χ0n) is 8.50. The summed E-state index contributed by atoms with van der Waals surface area (Å²) in [6.07, 6.45) is 9.36. The van der Waals surface area contributed by atoms with E-state index in [1.807, 2.05) is 0 Å². The molecule has 0 saturated heterocycles. The monoisotopic (exact) mass is 184 g/mol. The number of fused-ring (bicyclic) bond motifs is 3. The van der Waals surface area contributed by atoms with E-state index in [0.29, 0.717) is 13.1 Å². The Hall–Kier alpha value is -0.530. The van der Waals surface area contributed by atoms with Crippen LogP contribution in [0.2, 0.25) is 0 Å². The van der Waals surface area contributed by atoms with Crippen LogP contribution in [0.1, 0.15) is 45.4 Å². The van der Waals surface area contributed by atoms with Crippen LogP contribution in [0, 0.1) is 11.8 Å². The third-order valence-corrected chi connectivity index (χ3v) is 3.18. The van der Waals surface area contributed by atoms with Gasteiger partial charge in [-0.15, -0.1) is 0 Å². The van der Waals surface area contributed by atoms with Crippen LogP contribution in [0.15, 0.2) is 0 Å². The fourth-order valence-electron chi connectivity index (χ4n) is 2.35. The van der Waals surface area contributed by atoms with E-state index < -0.39 is 0 Å². The lowest BCUT2D eigenvalue weighted by Crippen LogP contribution is -2.21. The summed E-state index contributed by atoms with van der Waals surface area (Å²) < 4.78 is 4.15. The van der Waals surface area contributed by atoms with Gasteiger partial charge in [0.1, 0.15) is 0 Å². The summed E-state index contributed by atoms with van der Waals surface area (Å²) in [5.41, 5.74) is 0. The first kappa shape index (κ1) is 10.6. The maximum Gasteiger partial charge on any atom is 0.293 e. The average Bonchev–Trinajstić information content (AvgIpc) is 2.23. The number of rotatable bonds is 2. The molecule has 0 N–H and O–H groups in total. The first-order valence-electron chi connectivity index (χ1n) is 5.42. The molecule has 0 radical (unpaired) electrons. The first-order chi connectivity index (χ1) is 6.36. The molecule has 3 aliphatic carbocycles. The van der Waals surface area contributed by atoms with Crippen molar-refractivity contribution in [1.82, 2.24) is 0 Å². The largest absolute Gasteiger partial charge is 0.468 e. The molecule has 76 valence electrons. The van der Waals surface area contributed by atoms with Crippen LogP contribution >= 0.6 is 0 Å². The molecule has 0 unspecified atom stereocenters. The van der Waals surface area contributed by atoms with Crippen molar-refractivity contribution < 1.29 is 9.53 Å². The lowest BCUT2D eigenvalue weighted by atomic mass is 9.71. The molecule has 3 saturated carbocycles. The minimum Gasteiger partial charge on any atom is -0.468 e. The van der Waals surface area contributed by atoms with Gasteiger partial charge in [0.2, 0.25) is 0 Å². The molecule has 2 nitrogen and oxygen atoms in total. The van der Waals surface area contributed by atoms with Crippen LogP contribution in [-0.4, -0.2) is 13.1 Å². The molecule has 3 rings (SSSR count). The van der Waals surface area contributed by atoms with Crippen molar-refractivity contribution in [1.29, 1.82) is 0 Å². The van der Waals surface area contributed by atoms with Crippen LogP contribution in [-0.2, 0) is 9.53 Å². The summed E-state index contributed by atoms with van der Waals surface area (Å²) in [5.74, 6) is 2.31. The van der Waals surface area contributed by atoms with E-state index in [1.54, 1.807) is 45.4 Å². The highest BCUT2D eigenvalue weighted by atomic mass is 16.5. The highest BCUT2D eigenvalue weighted by molar-refractivity contribution is 5.36. The van der Waals surface area contributed by atoms with Gasteiger partial charge in [0.25, 0.3) is 6.47 Å². The van der Waals surface area contributed by atoms with Crippen LogP contribution in [0.4, 0.5) is 0 Å². The molecule has 0 heterocycles. The lowest BCUT2D eigenvalue weighted by molar-refractivity contribution is -0.128. The van der Waals surface area contributed by atoms with Crippen LogP contribution in [0.5, 0.6) is 0 Å².